The highest BCUT2D eigenvalue weighted by molar-refractivity contribution is 7.99. The van der Waals surface area contributed by atoms with Crippen LogP contribution in [0.3, 0.4) is 0 Å². The molecule has 0 radical (unpaired) electrons. The van der Waals surface area contributed by atoms with E-state index in [-0.39, 0.29) is 18.3 Å². The lowest BCUT2D eigenvalue weighted by molar-refractivity contribution is -0.139. The van der Waals surface area contributed by atoms with Crippen LogP contribution in [-0.2, 0) is 4.79 Å². The fourth-order valence-corrected chi connectivity index (χ4v) is 6.46. The lowest BCUT2D eigenvalue weighted by Crippen LogP contribution is -2.42. The number of aliphatic carboxylic acids is 1. The summed E-state index contributed by atoms with van der Waals surface area (Å²) in [5.74, 6) is 1.08. The third-order valence-corrected chi connectivity index (χ3v) is 8.84. The van der Waals surface area contributed by atoms with E-state index >= 15 is 4.39 Å². The standard InChI is InChI=1S/C29H34ClFN2O3S/c1-36-22-8-10-27-24(18-22)23(11-13-32-27)26(31)9-7-20-12-15-33(19-21(20)17-29(34)35)14-4-16-37-28-6-3-2-5-25(28)30/h2-3,5-6,8,10-11,13,18,20-21,26H,4,7,9,12,14-17,19H2,1H3,(H,34,35)/t20-,21+,26?/m1/s1. The quantitative estimate of drug-likeness (QED) is 0.191. The van der Waals surface area contributed by atoms with Crippen molar-refractivity contribution in [2.45, 2.75) is 43.2 Å². The number of rotatable bonds is 12. The number of carboxylic acid groups (broad SMARTS) is 1. The van der Waals surface area contributed by atoms with E-state index in [9.17, 15) is 9.90 Å². The van der Waals surface area contributed by atoms with Gasteiger partial charge < -0.3 is 14.7 Å². The number of thioether (sulfide) groups is 1. The average Bonchev–Trinajstić information content (AvgIpc) is 2.90. The summed E-state index contributed by atoms with van der Waals surface area (Å²) in [4.78, 5) is 19.4. The SMILES string of the molecule is COc1ccc2nccc(C(F)CC[C@@H]3CCN(CCCSc4ccccc4Cl)C[C@@H]3CC(=O)O)c2c1. The maximum atomic E-state index is 15.5. The van der Waals surface area contributed by atoms with E-state index in [4.69, 9.17) is 16.3 Å². The Morgan fingerprint density at radius 3 is 2.89 bits per heavy atom. The molecule has 8 heteroatoms. The molecule has 0 bridgehead atoms. The van der Waals surface area contributed by atoms with Crippen LogP contribution in [0.5, 0.6) is 5.75 Å². The molecule has 0 spiro atoms. The molecular weight excluding hydrogens is 511 g/mol. The summed E-state index contributed by atoms with van der Waals surface area (Å²) in [5.41, 5.74) is 1.36. The Labute approximate surface area is 227 Å². The van der Waals surface area contributed by atoms with Gasteiger partial charge in [0.15, 0.2) is 0 Å². The largest absolute Gasteiger partial charge is 0.497 e. The lowest BCUT2D eigenvalue weighted by Gasteiger charge is -2.38. The van der Waals surface area contributed by atoms with E-state index in [0.717, 1.165) is 59.0 Å². The zero-order chi connectivity index (χ0) is 26.2. The van der Waals surface area contributed by atoms with Crippen LogP contribution in [0.15, 0.2) is 59.6 Å². The highest BCUT2D eigenvalue weighted by Crippen LogP contribution is 2.36. The second-order valence-corrected chi connectivity index (χ2v) is 11.2. The first-order valence-corrected chi connectivity index (χ1v) is 14.2. The number of hydrogen-bond acceptors (Lipinski definition) is 5. The number of carboxylic acids is 1. The predicted octanol–water partition coefficient (Wildman–Crippen LogP) is 7.28. The molecule has 2 heterocycles. The van der Waals surface area contributed by atoms with Gasteiger partial charge in [-0.15, -0.1) is 11.8 Å². The molecule has 1 aliphatic rings. The number of pyridine rings is 1. The summed E-state index contributed by atoms with van der Waals surface area (Å²) < 4.78 is 20.8. The number of piperidine rings is 1. The second-order valence-electron chi connectivity index (χ2n) is 9.67. The van der Waals surface area contributed by atoms with E-state index in [1.807, 2.05) is 42.5 Å². The minimum absolute atomic E-state index is 0.0314. The van der Waals surface area contributed by atoms with Crippen LogP contribution < -0.4 is 4.74 Å². The van der Waals surface area contributed by atoms with Crippen LogP contribution in [0.25, 0.3) is 10.9 Å². The summed E-state index contributed by atoms with van der Waals surface area (Å²) >= 11 is 8.00. The van der Waals surface area contributed by atoms with Crippen molar-refractivity contribution in [1.82, 2.24) is 9.88 Å². The molecule has 1 aromatic heterocycles. The second kappa shape index (κ2) is 13.4. The topological polar surface area (TPSA) is 62.7 Å². The molecule has 37 heavy (non-hydrogen) atoms. The maximum Gasteiger partial charge on any atom is 0.303 e. The Hall–Kier alpha value is -2.35. The Kier molecular flexibility index (Phi) is 10.1. The number of ether oxygens (including phenoxy) is 1. The van der Waals surface area contributed by atoms with Crippen LogP contribution >= 0.6 is 23.4 Å². The molecule has 2 aromatic carbocycles. The van der Waals surface area contributed by atoms with Gasteiger partial charge in [-0.3, -0.25) is 9.78 Å². The van der Waals surface area contributed by atoms with Gasteiger partial charge in [-0.2, -0.15) is 0 Å². The first-order valence-electron chi connectivity index (χ1n) is 12.8. The molecule has 0 amide bonds. The minimum Gasteiger partial charge on any atom is -0.497 e. The highest BCUT2D eigenvalue weighted by atomic mass is 35.5. The number of methoxy groups -OCH3 is 1. The van der Waals surface area contributed by atoms with E-state index in [1.54, 1.807) is 31.1 Å². The lowest BCUT2D eigenvalue weighted by atomic mass is 9.79. The Morgan fingerprint density at radius 1 is 1.27 bits per heavy atom. The number of fused-ring (bicyclic) bond motifs is 1. The van der Waals surface area contributed by atoms with E-state index in [2.05, 4.69) is 9.88 Å². The van der Waals surface area contributed by atoms with Crippen molar-refractivity contribution in [3.63, 3.8) is 0 Å². The van der Waals surface area contributed by atoms with Gasteiger partial charge in [0.05, 0.1) is 17.6 Å². The van der Waals surface area contributed by atoms with Crippen LogP contribution in [0, 0.1) is 11.8 Å². The van der Waals surface area contributed by atoms with Gasteiger partial charge in [0.1, 0.15) is 11.9 Å². The fourth-order valence-electron chi connectivity index (χ4n) is 5.29. The number of hydrogen-bond donors (Lipinski definition) is 1. The van der Waals surface area contributed by atoms with Crippen molar-refractivity contribution in [1.29, 1.82) is 0 Å². The molecule has 3 atom stereocenters. The van der Waals surface area contributed by atoms with Crippen LogP contribution in [0.4, 0.5) is 4.39 Å². The Bertz CT molecular complexity index is 1200. The van der Waals surface area contributed by atoms with Gasteiger partial charge in [-0.05, 0) is 98.3 Å². The number of carbonyl (C=O) groups is 1. The van der Waals surface area contributed by atoms with Crippen molar-refractivity contribution in [3.05, 3.63) is 65.3 Å². The summed E-state index contributed by atoms with van der Waals surface area (Å²) in [6.45, 7) is 2.60. The smallest absolute Gasteiger partial charge is 0.303 e. The zero-order valence-electron chi connectivity index (χ0n) is 21.1. The van der Waals surface area contributed by atoms with Crippen molar-refractivity contribution in [2.24, 2.45) is 11.8 Å². The summed E-state index contributed by atoms with van der Waals surface area (Å²) in [7, 11) is 1.59. The molecule has 0 aliphatic carbocycles. The zero-order valence-corrected chi connectivity index (χ0v) is 22.7. The molecule has 4 rings (SSSR count). The fraction of sp³-hybridized carbons (Fsp3) is 0.448. The summed E-state index contributed by atoms with van der Waals surface area (Å²) in [6.07, 6.45) is 3.57. The summed E-state index contributed by atoms with van der Waals surface area (Å²) in [6, 6.07) is 15.1. The monoisotopic (exact) mass is 544 g/mol. The Morgan fingerprint density at radius 2 is 2.11 bits per heavy atom. The highest BCUT2D eigenvalue weighted by Gasteiger charge is 2.31. The maximum absolute atomic E-state index is 15.5. The third kappa shape index (κ3) is 7.59. The van der Waals surface area contributed by atoms with Crippen molar-refractivity contribution in [2.75, 3.05) is 32.5 Å². The van der Waals surface area contributed by atoms with Crippen molar-refractivity contribution in [3.8, 4) is 5.75 Å². The molecular formula is C29H34ClFN2O3S. The molecule has 198 valence electrons. The molecule has 1 N–H and O–H groups in total. The van der Waals surface area contributed by atoms with Crippen LogP contribution in [-0.4, -0.2) is 53.5 Å². The number of aromatic nitrogens is 1. The molecule has 5 nitrogen and oxygen atoms in total. The molecule has 3 aromatic rings. The van der Waals surface area contributed by atoms with Gasteiger partial charge in [-0.25, -0.2) is 4.39 Å². The van der Waals surface area contributed by atoms with E-state index in [0.29, 0.717) is 24.2 Å². The minimum atomic E-state index is -1.14. The first kappa shape index (κ1) is 27.7. The number of benzene rings is 2. The number of halogens is 2. The average molecular weight is 545 g/mol. The first-order chi connectivity index (χ1) is 17.9. The van der Waals surface area contributed by atoms with Crippen LogP contribution in [0.1, 0.15) is 43.8 Å². The molecule has 1 unspecified atom stereocenters. The van der Waals surface area contributed by atoms with Gasteiger partial charge >= 0.3 is 5.97 Å². The molecule has 1 saturated heterocycles. The third-order valence-electron chi connectivity index (χ3n) is 7.24. The van der Waals surface area contributed by atoms with Gasteiger partial charge in [-0.1, -0.05) is 23.7 Å². The normalized spacial score (nSPS) is 19.1. The van der Waals surface area contributed by atoms with Crippen molar-refractivity contribution < 1.29 is 19.0 Å². The number of alkyl halides is 1. The predicted molar refractivity (Wildman–Crippen MR) is 148 cm³/mol. The van der Waals surface area contributed by atoms with Gasteiger partial charge in [0.2, 0.25) is 0 Å². The molecule has 1 aliphatic heterocycles. The number of nitrogens with zero attached hydrogens (tertiary/aromatic N) is 2. The Balaban J connectivity index is 1.31. The van der Waals surface area contributed by atoms with Gasteiger partial charge in [0.25, 0.3) is 0 Å². The van der Waals surface area contributed by atoms with E-state index in [1.165, 1.54) is 0 Å². The molecule has 1 fully saturated rings. The van der Waals surface area contributed by atoms with Crippen molar-refractivity contribution >= 4 is 40.2 Å². The number of likely N-dealkylation sites (tertiary alicyclic amines) is 1. The summed E-state index contributed by atoms with van der Waals surface area (Å²) in [5, 5.41) is 11.1. The molecule has 0 saturated carbocycles. The van der Waals surface area contributed by atoms with Crippen LogP contribution in [0.2, 0.25) is 5.02 Å². The van der Waals surface area contributed by atoms with E-state index < -0.39 is 12.1 Å². The van der Waals surface area contributed by atoms with Gasteiger partial charge in [0, 0.05) is 29.4 Å².